The van der Waals surface area contributed by atoms with Gasteiger partial charge in [0.05, 0.1) is 6.33 Å². The molecule has 2 nitrogen and oxygen atoms in total. The van der Waals surface area contributed by atoms with Gasteiger partial charge in [0.15, 0.2) is 0 Å². The third-order valence-electron chi connectivity index (χ3n) is 4.11. The minimum atomic E-state index is 0.503. The summed E-state index contributed by atoms with van der Waals surface area (Å²) in [6.45, 7) is 1.11. The molecule has 1 aliphatic rings. The van der Waals surface area contributed by atoms with Crippen LogP contribution in [0.4, 0.5) is 0 Å². The van der Waals surface area contributed by atoms with Gasteiger partial charge in [-0.1, -0.05) is 30.3 Å². The quantitative estimate of drug-likeness (QED) is 0.674. The molecular formula is C17H16N2S. The maximum absolute atomic E-state index is 4.30. The van der Waals surface area contributed by atoms with Crippen molar-refractivity contribution in [3.05, 3.63) is 65.6 Å². The Hall–Kier alpha value is -1.87. The van der Waals surface area contributed by atoms with E-state index in [0.717, 1.165) is 6.54 Å². The molecule has 0 bridgehead atoms. The smallest absolute Gasteiger partial charge is 0.0948 e. The predicted molar refractivity (Wildman–Crippen MR) is 83.1 cm³/mol. The summed E-state index contributed by atoms with van der Waals surface area (Å²) in [7, 11) is 0. The van der Waals surface area contributed by atoms with Crippen LogP contribution in [-0.4, -0.2) is 9.55 Å². The van der Waals surface area contributed by atoms with Gasteiger partial charge in [0, 0.05) is 29.2 Å². The van der Waals surface area contributed by atoms with Gasteiger partial charge in [-0.05, 0) is 35.4 Å². The van der Waals surface area contributed by atoms with Gasteiger partial charge >= 0.3 is 0 Å². The number of aryl methyl sites for hydroxylation is 1. The van der Waals surface area contributed by atoms with E-state index in [9.17, 15) is 0 Å². The molecule has 0 fully saturated rings. The molecule has 3 heteroatoms. The van der Waals surface area contributed by atoms with Crippen LogP contribution in [0.2, 0.25) is 0 Å². The Morgan fingerprint density at radius 2 is 2.05 bits per heavy atom. The largest absolute Gasteiger partial charge is 0.334 e. The lowest BCUT2D eigenvalue weighted by atomic mass is 9.88. The van der Waals surface area contributed by atoms with Gasteiger partial charge in [0.2, 0.25) is 0 Å². The number of benzene rings is 1. The first-order valence-electron chi connectivity index (χ1n) is 7.06. The van der Waals surface area contributed by atoms with Crippen molar-refractivity contribution in [1.82, 2.24) is 9.55 Å². The molecule has 2 aromatic heterocycles. The van der Waals surface area contributed by atoms with Crippen molar-refractivity contribution in [2.45, 2.75) is 25.3 Å². The van der Waals surface area contributed by atoms with Crippen molar-refractivity contribution in [2.75, 3.05) is 0 Å². The van der Waals surface area contributed by atoms with Crippen LogP contribution in [0, 0.1) is 0 Å². The highest BCUT2D eigenvalue weighted by molar-refractivity contribution is 7.13. The molecule has 3 aromatic rings. The number of hydrogen-bond donors (Lipinski definition) is 0. The molecule has 0 spiro atoms. The SMILES string of the molecule is c1csc(-c2ccc(C3CCCn4cncc43)cc2)c1. The average Bonchev–Trinajstić information content (AvgIpc) is 3.18. The van der Waals surface area contributed by atoms with Gasteiger partial charge in [0.25, 0.3) is 0 Å². The molecule has 1 aromatic carbocycles. The molecule has 0 saturated carbocycles. The van der Waals surface area contributed by atoms with Gasteiger partial charge in [-0.25, -0.2) is 4.98 Å². The van der Waals surface area contributed by atoms with Crippen molar-refractivity contribution < 1.29 is 0 Å². The Morgan fingerprint density at radius 3 is 2.85 bits per heavy atom. The number of thiophene rings is 1. The molecule has 0 aliphatic carbocycles. The van der Waals surface area contributed by atoms with E-state index < -0.39 is 0 Å². The summed E-state index contributed by atoms with van der Waals surface area (Å²) >= 11 is 1.79. The Kier molecular flexibility index (Phi) is 2.92. The van der Waals surface area contributed by atoms with Crippen LogP contribution >= 0.6 is 11.3 Å². The second kappa shape index (κ2) is 4.91. The van der Waals surface area contributed by atoms with Crippen LogP contribution in [0.1, 0.15) is 30.0 Å². The molecule has 1 unspecified atom stereocenters. The van der Waals surface area contributed by atoms with E-state index >= 15 is 0 Å². The highest BCUT2D eigenvalue weighted by Crippen LogP contribution is 2.34. The fourth-order valence-corrected chi connectivity index (χ4v) is 3.81. The van der Waals surface area contributed by atoms with Gasteiger partial charge in [-0.3, -0.25) is 0 Å². The number of hydrogen-bond acceptors (Lipinski definition) is 2. The second-order valence-electron chi connectivity index (χ2n) is 5.31. The zero-order valence-electron chi connectivity index (χ0n) is 11.2. The number of aromatic nitrogens is 2. The van der Waals surface area contributed by atoms with Crippen LogP contribution in [0.15, 0.2) is 54.3 Å². The molecule has 0 radical (unpaired) electrons. The normalized spacial score (nSPS) is 17.9. The zero-order chi connectivity index (χ0) is 13.4. The molecule has 4 rings (SSSR count). The van der Waals surface area contributed by atoms with Crippen molar-refractivity contribution in [3.63, 3.8) is 0 Å². The summed E-state index contributed by atoms with van der Waals surface area (Å²) in [5.41, 5.74) is 4.08. The number of rotatable bonds is 2. The molecule has 20 heavy (non-hydrogen) atoms. The molecule has 1 atom stereocenters. The predicted octanol–water partition coefficient (Wildman–Crippen LogP) is 4.54. The monoisotopic (exact) mass is 280 g/mol. The Morgan fingerprint density at radius 1 is 1.15 bits per heavy atom. The molecule has 0 amide bonds. The summed E-state index contributed by atoms with van der Waals surface area (Å²) < 4.78 is 2.29. The lowest BCUT2D eigenvalue weighted by Crippen LogP contribution is -2.15. The summed E-state index contributed by atoms with van der Waals surface area (Å²) in [5.74, 6) is 0.503. The van der Waals surface area contributed by atoms with E-state index in [-0.39, 0.29) is 0 Å². The Bertz CT molecular complexity index is 695. The number of imidazole rings is 1. The van der Waals surface area contributed by atoms with Gasteiger partial charge < -0.3 is 4.57 Å². The number of nitrogens with zero attached hydrogens (tertiary/aromatic N) is 2. The summed E-state index contributed by atoms with van der Waals surface area (Å²) in [4.78, 5) is 5.64. The average molecular weight is 280 g/mol. The van der Waals surface area contributed by atoms with Crippen molar-refractivity contribution in [2.24, 2.45) is 0 Å². The molecule has 3 heterocycles. The minimum absolute atomic E-state index is 0.503. The fraction of sp³-hybridized carbons (Fsp3) is 0.235. The molecule has 0 N–H and O–H groups in total. The van der Waals surface area contributed by atoms with E-state index in [4.69, 9.17) is 0 Å². The Labute approximate surface area is 122 Å². The molecule has 100 valence electrons. The topological polar surface area (TPSA) is 17.8 Å². The molecule has 1 aliphatic heterocycles. The third-order valence-corrected chi connectivity index (χ3v) is 5.03. The minimum Gasteiger partial charge on any atom is -0.334 e. The third kappa shape index (κ3) is 1.98. The van der Waals surface area contributed by atoms with Gasteiger partial charge in [-0.15, -0.1) is 11.3 Å². The van der Waals surface area contributed by atoms with Gasteiger partial charge in [-0.2, -0.15) is 0 Å². The van der Waals surface area contributed by atoms with E-state index in [1.165, 1.54) is 34.5 Å². The van der Waals surface area contributed by atoms with Crippen molar-refractivity contribution >= 4 is 11.3 Å². The molecule has 0 saturated heterocycles. The van der Waals surface area contributed by atoms with E-state index in [1.807, 2.05) is 12.5 Å². The fourth-order valence-electron chi connectivity index (χ4n) is 3.08. The number of fused-ring (bicyclic) bond motifs is 1. The Balaban J connectivity index is 1.68. The molecular weight excluding hydrogens is 264 g/mol. The first-order chi connectivity index (χ1) is 9.92. The summed E-state index contributed by atoms with van der Waals surface area (Å²) in [5, 5.41) is 2.13. The van der Waals surface area contributed by atoms with Crippen LogP contribution in [0.3, 0.4) is 0 Å². The van der Waals surface area contributed by atoms with E-state index in [1.54, 1.807) is 11.3 Å². The van der Waals surface area contributed by atoms with Crippen LogP contribution in [0.5, 0.6) is 0 Å². The summed E-state index contributed by atoms with van der Waals surface area (Å²) in [6, 6.07) is 13.3. The first kappa shape index (κ1) is 11.9. The lowest BCUT2D eigenvalue weighted by molar-refractivity contribution is 0.491. The van der Waals surface area contributed by atoms with Crippen molar-refractivity contribution in [3.8, 4) is 10.4 Å². The van der Waals surface area contributed by atoms with Gasteiger partial charge in [0.1, 0.15) is 0 Å². The first-order valence-corrected chi connectivity index (χ1v) is 7.93. The van der Waals surface area contributed by atoms with Crippen LogP contribution in [-0.2, 0) is 6.54 Å². The summed E-state index contributed by atoms with van der Waals surface area (Å²) in [6.07, 6.45) is 6.45. The second-order valence-corrected chi connectivity index (χ2v) is 6.25. The lowest BCUT2D eigenvalue weighted by Gasteiger charge is -2.24. The van der Waals surface area contributed by atoms with E-state index in [2.05, 4.69) is 51.3 Å². The van der Waals surface area contributed by atoms with Crippen molar-refractivity contribution in [1.29, 1.82) is 0 Å². The zero-order valence-corrected chi connectivity index (χ0v) is 12.0. The van der Waals surface area contributed by atoms with E-state index in [0.29, 0.717) is 5.92 Å². The maximum Gasteiger partial charge on any atom is 0.0948 e. The highest BCUT2D eigenvalue weighted by Gasteiger charge is 2.21. The maximum atomic E-state index is 4.30. The van der Waals surface area contributed by atoms with Crippen LogP contribution < -0.4 is 0 Å². The highest BCUT2D eigenvalue weighted by atomic mass is 32.1. The standard InChI is InChI=1S/C17H16N2S/c1-3-15(16-11-18-12-19(16)9-1)13-5-7-14(8-6-13)17-4-2-10-20-17/h2,4-8,10-12,15H,1,3,9H2. The van der Waals surface area contributed by atoms with Crippen LogP contribution in [0.25, 0.3) is 10.4 Å².